The molecule has 2 fully saturated rings. The molecule has 0 radical (unpaired) electrons. The van der Waals surface area contributed by atoms with Crippen LogP contribution in [0.5, 0.6) is 0 Å². The van der Waals surface area contributed by atoms with E-state index in [1.165, 1.54) is 30.6 Å². The highest BCUT2D eigenvalue weighted by Crippen LogP contribution is 2.25. The summed E-state index contributed by atoms with van der Waals surface area (Å²) in [5, 5.41) is 3.58. The molecule has 0 aliphatic carbocycles. The summed E-state index contributed by atoms with van der Waals surface area (Å²) in [4.78, 5) is 9.24. The number of guanidine groups is 1. The van der Waals surface area contributed by atoms with Crippen LogP contribution in [-0.4, -0.2) is 69.2 Å². The zero-order valence-electron chi connectivity index (χ0n) is 15.2. The molecule has 0 amide bonds. The highest BCUT2D eigenvalue weighted by Gasteiger charge is 2.26. The van der Waals surface area contributed by atoms with Crippen LogP contribution in [0.25, 0.3) is 0 Å². The third-order valence-electron chi connectivity index (χ3n) is 5.15. The number of aryl methyl sites for hydroxylation is 1. The van der Waals surface area contributed by atoms with Crippen LogP contribution in [0.4, 0.5) is 0 Å². The lowest BCUT2D eigenvalue weighted by Crippen LogP contribution is -2.49. The lowest BCUT2D eigenvalue weighted by Gasteiger charge is -2.36. The smallest absolute Gasteiger partial charge is 0.193 e. The van der Waals surface area contributed by atoms with Gasteiger partial charge in [0.2, 0.25) is 0 Å². The van der Waals surface area contributed by atoms with Crippen molar-refractivity contribution in [1.29, 1.82) is 0 Å². The molecule has 24 heavy (non-hydrogen) atoms. The van der Waals surface area contributed by atoms with Crippen LogP contribution >= 0.6 is 0 Å². The first-order valence-electron chi connectivity index (χ1n) is 8.98. The molecule has 132 valence electrons. The first kappa shape index (κ1) is 17.2. The molecular formula is C19H30N4O. The van der Waals surface area contributed by atoms with Crippen molar-refractivity contribution in [3.63, 3.8) is 0 Å². The molecule has 0 saturated carbocycles. The van der Waals surface area contributed by atoms with E-state index in [0.29, 0.717) is 0 Å². The molecule has 2 aliphatic rings. The Morgan fingerprint density at radius 1 is 1.29 bits per heavy atom. The molecule has 1 aromatic carbocycles. The van der Waals surface area contributed by atoms with Gasteiger partial charge in [-0.15, -0.1) is 0 Å². The highest BCUT2D eigenvalue weighted by molar-refractivity contribution is 5.80. The van der Waals surface area contributed by atoms with Crippen LogP contribution in [0.1, 0.15) is 23.7 Å². The van der Waals surface area contributed by atoms with Crippen molar-refractivity contribution in [3.05, 3.63) is 35.4 Å². The van der Waals surface area contributed by atoms with E-state index in [0.717, 1.165) is 38.1 Å². The first-order chi connectivity index (χ1) is 11.7. The number of benzene rings is 1. The standard InChI is InChI=1S/C19H30N4O/c1-15-6-4-5-7-17(15)18-14-23(10-11-24-18)19(20-2)21-12-16-8-9-22(3)13-16/h4-7,16,18H,8-14H2,1-3H3,(H,20,21). The van der Waals surface area contributed by atoms with Crippen molar-refractivity contribution in [1.82, 2.24) is 15.1 Å². The summed E-state index contributed by atoms with van der Waals surface area (Å²) in [6.07, 6.45) is 1.39. The summed E-state index contributed by atoms with van der Waals surface area (Å²) in [6.45, 7) is 8.04. The van der Waals surface area contributed by atoms with Gasteiger partial charge in [0.15, 0.2) is 5.96 Å². The van der Waals surface area contributed by atoms with E-state index in [-0.39, 0.29) is 6.10 Å². The molecule has 2 unspecified atom stereocenters. The summed E-state index contributed by atoms with van der Waals surface area (Å²) in [5.74, 6) is 1.73. The molecule has 0 aromatic heterocycles. The lowest BCUT2D eigenvalue weighted by atomic mass is 10.0. The molecule has 0 spiro atoms. The van der Waals surface area contributed by atoms with Gasteiger partial charge < -0.3 is 19.9 Å². The fraction of sp³-hybridized carbons (Fsp3) is 0.632. The summed E-state index contributed by atoms with van der Waals surface area (Å²) in [7, 11) is 4.07. The van der Waals surface area contributed by atoms with Crippen LogP contribution in [0.3, 0.4) is 0 Å². The molecule has 2 atom stereocenters. The van der Waals surface area contributed by atoms with Gasteiger partial charge in [-0.3, -0.25) is 4.99 Å². The minimum Gasteiger partial charge on any atom is -0.370 e. The predicted molar refractivity (Wildman–Crippen MR) is 98.4 cm³/mol. The molecule has 1 N–H and O–H groups in total. The quantitative estimate of drug-likeness (QED) is 0.679. The normalized spacial score (nSPS) is 26.0. The Bertz CT molecular complexity index is 574. The summed E-state index contributed by atoms with van der Waals surface area (Å²) in [6, 6.07) is 8.50. The molecule has 5 nitrogen and oxygen atoms in total. The van der Waals surface area contributed by atoms with Crippen molar-refractivity contribution >= 4 is 5.96 Å². The van der Waals surface area contributed by atoms with Gasteiger partial charge in [0.1, 0.15) is 6.10 Å². The molecule has 2 aliphatic heterocycles. The topological polar surface area (TPSA) is 40.1 Å². The van der Waals surface area contributed by atoms with E-state index < -0.39 is 0 Å². The zero-order chi connectivity index (χ0) is 16.9. The van der Waals surface area contributed by atoms with Gasteiger partial charge >= 0.3 is 0 Å². The van der Waals surface area contributed by atoms with Crippen molar-refractivity contribution in [3.8, 4) is 0 Å². The minimum absolute atomic E-state index is 0.121. The SMILES string of the molecule is CN=C(NCC1CCN(C)C1)N1CCOC(c2ccccc2C)C1. The molecule has 0 bridgehead atoms. The van der Waals surface area contributed by atoms with Crippen molar-refractivity contribution in [2.75, 3.05) is 53.4 Å². The Kier molecular flexibility index (Phi) is 5.74. The zero-order valence-corrected chi connectivity index (χ0v) is 15.2. The van der Waals surface area contributed by atoms with Gasteiger partial charge in [0.25, 0.3) is 0 Å². The second-order valence-corrected chi connectivity index (χ2v) is 7.01. The first-order valence-corrected chi connectivity index (χ1v) is 8.98. The van der Waals surface area contributed by atoms with E-state index in [1.807, 2.05) is 7.05 Å². The second-order valence-electron chi connectivity index (χ2n) is 7.01. The van der Waals surface area contributed by atoms with Crippen molar-refractivity contribution in [2.45, 2.75) is 19.4 Å². The van der Waals surface area contributed by atoms with E-state index in [2.05, 4.69) is 58.3 Å². The monoisotopic (exact) mass is 330 g/mol. The number of hydrogen-bond donors (Lipinski definition) is 1. The van der Waals surface area contributed by atoms with Gasteiger partial charge in [0, 0.05) is 26.7 Å². The molecule has 2 heterocycles. The van der Waals surface area contributed by atoms with E-state index in [4.69, 9.17) is 4.74 Å². The third kappa shape index (κ3) is 4.08. The fourth-order valence-electron chi connectivity index (χ4n) is 3.74. The van der Waals surface area contributed by atoms with Gasteiger partial charge in [0.05, 0.1) is 13.2 Å². The maximum Gasteiger partial charge on any atom is 0.193 e. The van der Waals surface area contributed by atoms with Crippen molar-refractivity contribution in [2.24, 2.45) is 10.9 Å². The number of morpholine rings is 1. The minimum atomic E-state index is 0.121. The van der Waals surface area contributed by atoms with Crippen LogP contribution in [-0.2, 0) is 4.74 Å². The number of likely N-dealkylation sites (tertiary alicyclic amines) is 1. The third-order valence-corrected chi connectivity index (χ3v) is 5.15. The number of hydrogen-bond acceptors (Lipinski definition) is 3. The highest BCUT2D eigenvalue weighted by atomic mass is 16.5. The van der Waals surface area contributed by atoms with Gasteiger partial charge in [-0.2, -0.15) is 0 Å². The largest absolute Gasteiger partial charge is 0.370 e. The summed E-state index contributed by atoms with van der Waals surface area (Å²) in [5.41, 5.74) is 2.58. The van der Waals surface area contributed by atoms with Gasteiger partial charge in [-0.05, 0) is 44.0 Å². The van der Waals surface area contributed by atoms with Crippen molar-refractivity contribution < 1.29 is 4.74 Å². The Hall–Kier alpha value is -1.59. The summed E-state index contributed by atoms with van der Waals surface area (Å²) >= 11 is 0. The van der Waals surface area contributed by atoms with Gasteiger partial charge in [-0.25, -0.2) is 0 Å². The Morgan fingerprint density at radius 2 is 2.12 bits per heavy atom. The van der Waals surface area contributed by atoms with E-state index in [1.54, 1.807) is 0 Å². The number of rotatable bonds is 3. The van der Waals surface area contributed by atoms with Crippen LogP contribution < -0.4 is 5.32 Å². The second kappa shape index (κ2) is 7.99. The maximum absolute atomic E-state index is 6.03. The fourth-order valence-corrected chi connectivity index (χ4v) is 3.74. The number of aliphatic imine (C=N–C) groups is 1. The Morgan fingerprint density at radius 3 is 2.83 bits per heavy atom. The molecule has 1 aromatic rings. The van der Waals surface area contributed by atoms with E-state index in [9.17, 15) is 0 Å². The predicted octanol–water partition coefficient (Wildman–Crippen LogP) is 1.90. The van der Waals surface area contributed by atoms with E-state index >= 15 is 0 Å². The average molecular weight is 330 g/mol. The lowest BCUT2D eigenvalue weighted by molar-refractivity contribution is -0.00835. The van der Waals surface area contributed by atoms with Crippen LogP contribution in [0.15, 0.2) is 29.3 Å². The number of nitrogens with one attached hydrogen (secondary N) is 1. The molecular weight excluding hydrogens is 300 g/mol. The summed E-state index contributed by atoms with van der Waals surface area (Å²) < 4.78 is 6.03. The number of ether oxygens (including phenoxy) is 1. The molecule has 3 rings (SSSR count). The maximum atomic E-state index is 6.03. The van der Waals surface area contributed by atoms with Gasteiger partial charge in [-0.1, -0.05) is 24.3 Å². The molecule has 5 heteroatoms. The number of nitrogens with zero attached hydrogens (tertiary/aromatic N) is 3. The van der Waals surface area contributed by atoms with Crippen LogP contribution in [0, 0.1) is 12.8 Å². The Balaban J connectivity index is 1.59. The molecule has 2 saturated heterocycles. The van der Waals surface area contributed by atoms with Crippen LogP contribution in [0.2, 0.25) is 0 Å². The average Bonchev–Trinajstić information content (AvgIpc) is 3.01. The Labute approximate surface area is 145 Å².